The van der Waals surface area contributed by atoms with Gasteiger partial charge in [-0.15, -0.1) is 0 Å². The van der Waals surface area contributed by atoms with Crippen molar-refractivity contribution in [2.24, 2.45) is 5.41 Å². The highest BCUT2D eigenvalue weighted by Crippen LogP contribution is 2.38. The quantitative estimate of drug-likeness (QED) is 0.842. The summed E-state index contributed by atoms with van der Waals surface area (Å²) in [7, 11) is 0. The van der Waals surface area contributed by atoms with Gasteiger partial charge < -0.3 is 4.90 Å². The molecule has 1 amide bonds. The second-order valence-corrected chi connectivity index (χ2v) is 5.69. The van der Waals surface area contributed by atoms with Crippen LogP contribution in [0.1, 0.15) is 55.5 Å². The number of benzene rings is 1. The number of rotatable bonds is 3. The van der Waals surface area contributed by atoms with Gasteiger partial charge in [-0.1, -0.05) is 32.8 Å². The van der Waals surface area contributed by atoms with Gasteiger partial charge in [-0.05, 0) is 36.5 Å². The maximum atomic E-state index is 12.5. The highest BCUT2D eigenvalue weighted by molar-refractivity contribution is 5.94. The van der Waals surface area contributed by atoms with Crippen molar-refractivity contribution in [3.05, 3.63) is 35.4 Å². The van der Waals surface area contributed by atoms with Crippen LogP contribution in [-0.2, 0) is 0 Å². The summed E-state index contributed by atoms with van der Waals surface area (Å²) in [6.07, 6.45) is 4.55. The SMILES string of the molecule is CCC1(CC)CCN(C(=O)c2cccc(C#N)c2)CC1. The zero-order chi connectivity index (χ0) is 14.6. The number of piperidine rings is 1. The fourth-order valence-corrected chi connectivity index (χ4v) is 3.05. The topological polar surface area (TPSA) is 44.1 Å². The van der Waals surface area contributed by atoms with Gasteiger partial charge >= 0.3 is 0 Å². The molecule has 0 atom stereocenters. The highest BCUT2D eigenvalue weighted by Gasteiger charge is 2.33. The first-order chi connectivity index (χ1) is 9.64. The van der Waals surface area contributed by atoms with Crippen LogP contribution in [0.15, 0.2) is 24.3 Å². The molecule has 1 fully saturated rings. The van der Waals surface area contributed by atoms with Crippen LogP contribution in [0.3, 0.4) is 0 Å². The molecule has 0 N–H and O–H groups in total. The standard InChI is InChI=1S/C17H22N2O/c1-3-17(4-2)8-10-19(11-9-17)16(20)15-7-5-6-14(12-15)13-18/h5-7,12H,3-4,8-11H2,1-2H3. The summed E-state index contributed by atoms with van der Waals surface area (Å²) in [4.78, 5) is 14.4. The second-order valence-electron chi connectivity index (χ2n) is 5.69. The fourth-order valence-electron chi connectivity index (χ4n) is 3.05. The number of amides is 1. The van der Waals surface area contributed by atoms with Gasteiger partial charge in [0, 0.05) is 18.7 Å². The van der Waals surface area contributed by atoms with Gasteiger partial charge in [0.15, 0.2) is 0 Å². The van der Waals surface area contributed by atoms with Crippen molar-refractivity contribution in [3.63, 3.8) is 0 Å². The number of carbonyl (C=O) groups excluding carboxylic acids is 1. The summed E-state index contributed by atoms with van der Waals surface area (Å²) in [6.45, 7) is 6.16. The fraction of sp³-hybridized carbons (Fsp3) is 0.529. The summed E-state index contributed by atoms with van der Waals surface area (Å²) in [5, 5.41) is 8.91. The van der Waals surface area contributed by atoms with E-state index >= 15 is 0 Å². The Morgan fingerprint density at radius 3 is 2.50 bits per heavy atom. The molecule has 1 heterocycles. The Hall–Kier alpha value is -1.82. The van der Waals surface area contributed by atoms with Crippen molar-refractivity contribution in [2.45, 2.75) is 39.5 Å². The molecule has 1 aromatic carbocycles. The lowest BCUT2D eigenvalue weighted by atomic mass is 9.74. The number of hydrogen-bond acceptors (Lipinski definition) is 2. The average molecular weight is 270 g/mol. The van der Waals surface area contributed by atoms with E-state index in [0.29, 0.717) is 16.5 Å². The molecule has 0 aliphatic carbocycles. The molecule has 1 aliphatic rings. The van der Waals surface area contributed by atoms with Gasteiger partial charge in [0.05, 0.1) is 11.6 Å². The molecule has 106 valence electrons. The van der Waals surface area contributed by atoms with Crippen LogP contribution in [0.5, 0.6) is 0 Å². The first-order valence-corrected chi connectivity index (χ1v) is 7.43. The van der Waals surface area contributed by atoms with Crippen LogP contribution in [-0.4, -0.2) is 23.9 Å². The Morgan fingerprint density at radius 2 is 1.95 bits per heavy atom. The van der Waals surface area contributed by atoms with Gasteiger partial charge in [0.1, 0.15) is 0 Å². The van der Waals surface area contributed by atoms with Crippen molar-refractivity contribution >= 4 is 5.91 Å². The molecule has 1 saturated heterocycles. The molecule has 20 heavy (non-hydrogen) atoms. The van der Waals surface area contributed by atoms with Crippen LogP contribution < -0.4 is 0 Å². The Bertz CT molecular complexity index is 516. The Morgan fingerprint density at radius 1 is 1.30 bits per heavy atom. The van der Waals surface area contributed by atoms with Crippen molar-refractivity contribution in [1.29, 1.82) is 5.26 Å². The molecule has 0 unspecified atom stereocenters. The minimum Gasteiger partial charge on any atom is -0.339 e. The van der Waals surface area contributed by atoms with Gasteiger partial charge in [-0.3, -0.25) is 4.79 Å². The minimum atomic E-state index is 0.0582. The average Bonchev–Trinajstić information content (AvgIpc) is 2.54. The summed E-state index contributed by atoms with van der Waals surface area (Å²) >= 11 is 0. The lowest BCUT2D eigenvalue weighted by Gasteiger charge is -2.41. The number of nitriles is 1. The number of likely N-dealkylation sites (tertiary alicyclic amines) is 1. The first kappa shape index (κ1) is 14.6. The minimum absolute atomic E-state index is 0.0582. The Kier molecular flexibility index (Phi) is 4.44. The van der Waals surface area contributed by atoms with Crippen LogP contribution in [0, 0.1) is 16.7 Å². The number of carbonyl (C=O) groups is 1. The van der Waals surface area contributed by atoms with E-state index in [0.717, 1.165) is 25.9 Å². The van der Waals surface area contributed by atoms with Crippen molar-refractivity contribution < 1.29 is 4.79 Å². The summed E-state index contributed by atoms with van der Waals surface area (Å²) in [6, 6.07) is 9.07. The molecule has 0 radical (unpaired) electrons. The largest absolute Gasteiger partial charge is 0.339 e. The molecular formula is C17H22N2O. The van der Waals surface area contributed by atoms with E-state index in [1.807, 2.05) is 4.90 Å². The van der Waals surface area contributed by atoms with Crippen molar-refractivity contribution in [3.8, 4) is 6.07 Å². The highest BCUT2D eigenvalue weighted by atomic mass is 16.2. The third kappa shape index (κ3) is 2.85. The molecule has 0 aromatic heterocycles. The normalized spacial score (nSPS) is 17.6. The zero-order valence-electron chi connectivity index (χ0n) is 12.4. The molecule has 2 rings (SSSR count). The molecule has 0 spiro atoms. The van der Waals surface area contributed by atoms with E-state index in [4.69, 9.17) is 5.26 Å². The molecule has 1 aliphatic heterocycles. The van der Waals surface area contributed by atoms with Gasteiger partial charge in [0.25, 0.3) is 5.91 Å². The number of nitrogens with zero attached hydrogens (tertiary/aromatic N) is 2. The summed E-state index contributed by atoms with van der Waals surface area (Å²) in [5.74, 6) is 0.0582. The Labute approximate surface area is 121 Å². The van der Waals surface area contributed by atoms with E-state index < -0.39 is 0 Å². The van der Waals surface area contributed by atoms with E-state index in [-0.39, 0.29) is 5.91 Å². The predicted molar refractivity (Wildman–Crippen MR) is 79.3 cm³/mol. The first-order valence-electron chi connectivity index (χ1n) is 7.43. The zero-order valence-corrected chi connectivity index (χ0v) is 12.4. The molecule has 3 nitrogen and oxygen atoms in total. The molecule has 0 saturated carbocycles. The van der Waals surface area contributed by atoms with Crippen LogP contribution in [0.2, 0.25) is 0 Å². The molecule has 0 bridgehead atoms. The van der Waals surface area contributed by atoms with E-state index in [2.05, 4.69) is 19.9 Å². The van der Waals surface area contributed by atoms with Gasteiger partial charge in [-0.25, -0.2) is 0 Å². The third-order valence-corrected chi connectivity index (χ3v) is 4.85. The number of hydrogen-bond donors (Lipinski definition) is 0. The summed E-state index contributed by atoms with van der Waals surface area (Å²) in [5.41, 5.74) is 1.60. The van der Waals surface area contributed by atoms with E-state index in [9.17, 15) is 4.79 Å². The van der Waals surface area contributed by atoms with E-state index in [1.54, 1.807) is 24.3 Å². The van der Waals surface area contributed by atoms with Gasteiger partial charge in [-0.2, -0.15) is 5.26 Å². The maximum Gasteiger partial charge on any atom is 0.253 e. The molecule has 3 heteroatoms. The second kappa shape index (κ2) is 6.09. The van der Waals surface area contributed by atoms with Crippen molar-refractivity contribution in [2.75, 3.05) is 13.1 Å². The maximum absolute atomic E-state index is 12.5. The smallest absolute Gasteiger partial charge is 0.253 e. The predicted octanol–water partition coefficient (Wildman–Crippen LogP) is 3.60. The van der Waals surface area contributed by atoms with E-state index in [1.165, 1.54) is 12.8 Å². The molecular weight excluding hydrogens is 248 g/mol. The van der Waals surface area contributed by atoms with Crippen LogP contribution in [0.4, 0.5) is 0 Å². The Balaban J connectivity index is 2.07. The lowest BCUT2D eigenvalue weighted by Crippen LogP contribution is -2.42. The van der Waals surface area contributed by atoms with Gasteiger partial charge in [0.2, 0.25) is 0 Å². The lowest BCUT2D eigenvalue weighted by molar-refractivity contribution is 0.0558. The summed E-state index contributed by atoms with van der Waals surface area (Å²) < 4.78 is 0. The third-order valence-electron chi connectivity index (χ3n) is 4.85. The van der Waals surface area contributed by atoms with Crippen LogP contribution in [0.25, 0.3) is 0 Å². The van der Waals surface area contributed by atoms with Crippen LogP contribution >= 0.6 is 0 Å². The molecule has 1 aromatic rings. The van der Waals surface area contributed by atoms with Crippen molar-refractivity contribution in [1.82, 2.24) is 4.90 Å². The monoisotopic (exact) mass is 270 g/mol.